The van der Waals surface area contributed by atoms with Gasteiger partial charge in [-0.3, -0.25) is 19.2 Å². The summed E-state index contributed by atoms with van der Waals surface area (Å²) in [7, 11) is -4.24. The maximum absolute atomic E-state index is 13.1. The Bertz CT molecular complexity index is 965. The Labute approximate surface area is 169 Å². The maximum Gasteiger partial charge on any atom is 0.326 e. The predicted octanol–water partition coefficient (Wildman–Crippen LogP) is 3.77. The summed E-state index contributed by atoms with van der Waals surface area (Å²) in [5, 5.41) is 11.0. The summed E-state index contributed by atoms with van der Waals surface area (Å²) >= 11 is 9.30. The second kappa shape index (κ2) is 8.68. The van der Waals surface area contributed by atoms with E-state index in [-0.39, 0.29) is 27.9 Å². The second-order valence-electron chi connectivity index (χ2n) is 5.16. The number of halogens is 2. The van der Waals surface area contributed by atoms with Gasteiger partial charge in [-0.15, -0.1) is 0 Å². The van der Waals surface area contributed by atoms with Crippen LogP contribution in [0.15, 0.2) is 51.8 Å². The number of nitro groups is 1. The number of ether oxygens (including phenoxy) is 1. The molecule has 0 radical (unpaired) electrons. The van der Waals surface area contributed by atoms with Gasteiger partial charge in [-0.05, 0) is 37.3 Å². The molecule has 0 aliphatic rings. The molecule has 27 heavy (non-hydrogen) atoms. The lowest BCUT2D eigenvalue weighted by Gasteiger charge is -2.24. The molecule has 0 spiro atoms. The Morgan fingerprint density at radius 2 is 1.89 bits per heavy atom. The Morgan fingerprint density at radius 1 is 1.26 bits per heavy atom. The first-order valence-corrected chi connectivity index (χ1v) is 10.2. The zero-order valence-electron chi connectivity index (χ0n) is 14.0. The van der Waals surface area contributed by atoms with Crippen LogP contribution in [0.5, 0.6) is 0 Å². The van der Waals surface area contributed by atoms with Crippen molar-refractivity contribution in [3.63, 3.8) is 0 Å². The third-order valence-electron chi connectivity index (χ3n) is 3.39. The smallest absolute Gasteiger partial charge is 0.326 e. The van der Waals surface area contributed by atoms with E-state index in [9.17, 15) is 23.3 Å². The molecule has 0 atom stereocenters. The molecule has 0 saturated heterocycles. The molecule has 0 N–H and O–H groups in total. The number of esters is 1. The van der Waals surface area contributed by atoms with E-state index in [0.717, 1.165) is 12.1 Å². The minimum atomic E-state index is -4.24. The van der Waals surface area contributed by atoms with E-state index >= 15 is 0 Å². The maximum atomic E-state index is 13.1. The number of benzene rings is 2. The molecule has 0 saturated carbocycles. The highest BCUT2D eigenvalue weighted by atomic mass is 79.9. The van der Waals surface area contributed by atoms with E-state index in [4.69, 9.17) is 16.3 Å². The number of sulfonamides is 1. The average Bonchev–Trinajstić information content (AvgIpc) is 2.60. The van der Waals surface area contributed by atoms with Gasteiger partial charge in [0.2, 0.25) is 0 Å². The number of nitro benzene ring substituents is 1. The van der Waals surface area contributed by atoms with Crippen LogP contribution in [0.3, 0.4) is 0 Å². The van der Waals surface area contributed by atoms with Gasteiger partial charge in [-0.25, -0.2) is 8.42 Å². The first kappa shape index (κ1) is 21.1. The van der Waals surface area contributed by atoms with Gasteiger partial charge in [-0.1, -0.05) is 27.5 Å². The summed E-state index contributed by atoms with van der Waals surface area (Å²) < 4.78 is 32.4. The Balaban J connectivity index is 2.61. The van der Waals surface area contributed by atoms with Crippen LogP contribution < -0.4 is 4.31 Å². The van der Waals surface area contributed by atoms with E-state index in [2.05, 4.69) is 15.9 Å². The molecular weight excluding hydrogens is 464 g/mol. The van der Waals surface area contributed by atoms with Crippen molar-refractivity contribution in [1.29, 1.82) is 0 Å². The third-order valence-corrected chi connectivity index (χ3v) is 6.01. The first-order valence-electron chi connectivity index (χ1n) is 7.54. The van der Waals surface area contributed by atoms with Gasteiger partial charge in [0.1, 0.15) is 6.54 Å². The average molecular weight is 478 g/mol. The Morgan fingerprint density at radius 3 is 2.44 bits per heavy atom. The monoisotopic (exact) mass is 476 g/mol. The molecule has 0 aromatic heterocycles. The molecule has 0 heterocycles. The summed E-state index contributed by atoms with van der Waals surface area (Å²) in [5.74, 6) is -0.819. The first-order chi connectivity index (χ1) is 12.7. The van der Waals surface area contributed by atoms with E-state index in [1.165, 1.54) is 30.3 Å². The van der Waals surface area contributed by atoms with Gasteiger partial charge in [0.05, 0.1) is 27.1 Å². The molecule has 2 rings (SSSR count). The molecule has 0 unspecified atom stereocenters. The summed E-state index contributed by atoms with van der Waals surface area (Å²) in [6.07, 6.45) is 0. The number of hydrogen-bond donors (Lipinski definition) is 0. The van der Waals surface area contributed by atoms with Gasteiger partial charge >= 0.3 is 5.97 Å². The third kappa shape index (κ3) is 4.96. The van der Waals surface area contributed by atoms with Crippen LogP contribution in [-0.2, 0) is 19.6 Å². The normalized spacial score (nSPS) is 11.1. The van der Waals surface area contributed by atoms with Gasteiger partial charge in [0.25, 0.3) is 15.7 Å². The van der Waals surface area contributed by atoms with E-state index in [1.54, 1.807) is 6.92 Å². The summed E-state index contributed by atoms with van der Waals surface area (Å²) in [6.45, 7) is 0.937. The highest BCUT2D eigenvalue weighted by molar-refractivity contribution is 9.10. The largest absolute Gasteiger partial charge is 0.465 e. The molecule has 0 aliphatic carbocycles. The molecule has 0 bridgehead atoms. The van der Waals surface area contributed by atoms with Crippen LogP contribution in [0.25, 0.3) is 0 Å². The van der Waals surface area contributed by atoms with Crippen molar-refractivity contribution >= 4 is 54.9 Å². The van der Waals surface area contributed by atoms with E-state index in [1.807, 2.05) is 0 Å². The standard InChI is InChI=1S/C16H14BrClN2O6S/c1-2-26-16(21)10-19(15-9-12(20(22)23)5-8-14(15)18)27(24,25)13-6-3-11(17)4-7-13/h3-9H,2,10H2,1H3. The Hall–Kier alpha value is -2.17. The molecule has 2 aromatic carbocycles. The molecular formula is C16H14BrClN2O6S. The van der Waals surface area contributed by atoms with E-state index in [0.29, 0.717) is 8.78 Å². The summed E-state index contributed by atoms with van der Waals surface area (Å²) in [4.78, 5) is 22.2. The van der Waals surface area contributed by atoms with Gasteiger partial charge in [0, 0.05) is 16.6 Å². The SMILES string of the molecule is CCOC(=O)CN(c1cc([N+](=O)[O-])ccc1Cl)S(=O)(=O)c1ccc(Br)cc1. The second-order valence-corrected chi connectivity index (χ2v) is 8.35. The molecule has 0 amide bonds. The zero-order valence-corrected chi connectivity index (χ0v) is 17.1. The minimum Gasteiger partial charge on any atom is -0.465 e. The topological polar surface area (TPSA) is 107 Å². The lowest BCUT2D eigenvalue weighted by atomic mass is 10.3. The summed E-state index contributed by atoms with van der Waals surface area (Å²) in [6, 6.07) is 9.05. The fourth-order valence-electron chi connectivity index (χ4n) is 2.16. The molecule has 11 heteroatoms. The van der Waals surface area contributed by atoms with Crippen molar-refractivity contribution in [2.45, 2.75) is 11.8 Å². The van der Waals surface area contributed by atoms with Crippen molar-refractivity contribution in [2.24, 2.45) is 0 Å². The molecule has 8 nitrogen and oxygen atoms in total. The van der Waals surface area contributed by atoms with Gasteiger partial charge < -0.3 is 4.74 Å². The van der Waals surface area contributed by atoms with Crippen molar-refractivity contribution in [3.8, 4) is 0 Å². The van der Waals surface area contributed by atoms with Crippen LogP contribution in [0.1, 0.15) is 6.92 Å². The van der Waals surface area contributed by atoms with Gasteiger partial charge in [0.15, 0.2) is 0 Å². The van der Waals surface area contributed by atoms with E-state index < -0.39 is 27.5 Å². The molecule has 0 fully saturated rings. The number of carbonyl (C=O) groups is 1. The lowest BCUT2D eigenvalue weighted by Crippen LogP contribution is -2.36. The number of rotatable bonds is 7. The highest BCUT2D eigenvalue weighted by Crippen LogP contribution is 2.34. The van der Waals surface area contributed by atoms with Crippen molar-refractivity contribution in [1.82, 2.24) is 0 Å². The Kier molecular flexibility index (Phi) is 6.79. The zero-order chi connectivity index (χ0) is 20.2. The fraction of sp³-hybridized carbons (Fsp3) is 0.188. The lowest BCUT2D eigenvalue weighted by molar-refractivity contribution is -0.384. The molecule has 144 valence electrons. The van der Waals surface area contributed by atoms with Crippen molar-refractivity contribution in [2.75, 3.05) is 17.5 Å². The minimum absolute atomic E-state index is 0.0493. The van der Waals surface area contributed by atoms with Crippen LogP contribution in [0.2, 0.25) is 5.02 Å². The number of hydrogen-bond acceptors (Lipinski definition) is 6. The quantitative estimate of drug-likeness (QED) is 0.341. The molecule has 0 aliphatic heterocycles. The summed E-state index contributed by atoms with van der Waals surface area (Å²) in [5.41, 5.74) is -0.559. The fourth-order valence-corrected chi connectivity index (χ4v) is 4.12. The van der Waals surface area contributed by atoms with Crippen LogP contribution in [0.4, 0.5) is 11.4 Å². The van der Waals surface area contributed by atoms with Crippen molar-refractivity contribution < 1.29 is 22.9 Å². The predicted molar refractivity (Wildman–Crippen MR) is 103 cm³/mol. The number of carbonyl (C=O) groups excluding carboxylic acids is 1. The number of anilines is 1. The number of nitrogens with zero attached hydrogens (tertiary/aromatic N) is 2. The van der Waals surface area contributed by atoms with Crippen molar-refractivity contribution in [3.05, 3.63) is 62.1 Å². The number of non-ortho nitro benzene ring substituents is 1. The van der Waals surface area contributed by atoms with Gasteiger partial charge in [-0.2, -0.15) is 0 Å². The highest BCUT2D eigenvalue weighted by Gasteiger charge is 2.30. The van der Waals surface area contributed by atoms with Crippen LogP contribution >= 0.6 is 27.5 Å². The van der Waals surface area contributed by atoms with Crippen LogP contribution in [0, 0.1) is 10.1 Å². The molecule has 2 aromatic rings. The van der Waals surface area contributed by atoms with Crippen LogP contribution in [-0.4, -0.2) is 32.5 Å².